The second kappa shape index (κ2) is 9.79. The number of hydrogen-bond acceptors (Lipinski definition) is 4. The molecule has 2 N–H and O–H groups in total. The van der Waals surface area contributed by atoms with Crippen molar-refractivity contribution in [2.45, 2.75) is 31.1 Å². The molecule has 5 rings (SSSR count). The third-order valence-electron chi connectivity index (χ3n) is 6.99. The van der Waals surface area contributed by atoms with Crippen LogP contribution in [0.5, 0.6) is 0 Å². The van der Waals surface area contributed by atoms with Gasteiger partial charge in [0.1, 0.15) is 11.6 Å². The van der Waals surface area contributed by atoms with Gasteiger partial charge in [0.05, 0.1) is 17.7 Å². The molecule has 0 saturated carbocycles. The van der Waals surface area contributed by atoms with Gasteiger partial charge in [0.25, 0.3) is 11.8 Å². The van der Waals surface area contributed by atoms with Gasteiger partial charge in [-0.15, -0.1) is 0 Å². The van der Waals surface area contributed by atoms with Crippen LogP contribution in [-0.2, 0) is 23.1 Å². The number of likely N-dealkylation sites (tertiary alicyclic amines) is 1. The number of aliphatic imine (C=N–C) groups is 1. The molecule has 0 radical (unpaired) electrons. The highest BCUT2D eigenvalue weighted by Gasteiger charge is 2.50. The molecule has 6 nitrogen and oxygen atoms in total. The number of alkyl halides is 3. The number of nitrogens with two attached hydrogens (primary N) is 1. The molecule has 0 aromatic heterocycles. The summed E-state index contributed by atoms with van der Waals surface area (Å²) in [5, 5.41) is 0. The molecule has 1 saturated heterocycles. The molecular formula is C28H23F5N4O2. The fourth-order valence-corrected chi connectivity index (χ4v) is 5.04. The average Bonchev–Trinajstić information content (AvgIpc) is 3.52. The van der Waals surface area contributed by atoms with Crippen molar-refractivity contribution in [1.82, 2.24) is 9.80 Å². The van der Waals surface area contributed by atoms with Crippen molar-refractivity contribution < 1.29 is 31.5 Å². The molecule has 202 valence electrons. The lowest BCUT2D eigenvalue weighted by Crippen LogP contribution is -2.43. The van der Waals surface area contributed by atoms with Gasteiger partial charge in [-0.25, -0.2) is 13.8 Å². The van der Waals surface area contributed by atoms with Crippen molar-refractivity contribution in [2.24, 2.45) is 10.7 Å². The summed E-state index contributed by atoms with van der Waals surface area (Å²) < 4.78 is 68.7. The van der Waals surface area contributed by atoms with Gasteiger partial charge in [0.2, 0.25) is 0 Å². The first-order chi connectivity index (χ1) is 18.5. The Hall–Kier alpha value is -4.28. The van der Waals surface area contributed by atoms with E-state index in [1.54, 1.807) is 0 Å². The van der Waals surface area contributed by atoms with Crippen LogP contribution in [0.2, 0.25) is 0 Å². The lowest BCUT2D eigenvalue weighted by Gasteiger charge is -2.27. The van der Waals surface area contributed by atoms with Crippen LogP contribution in [0.1, 0.15) is 45.5 Å². The lowest BCUT2D eigenvalue weighted by molar-refractivity contribution is -0.138. The van der Waals surface area contributed by atoms with Crippen molar-refractivity contribution in [3.8, 4) is 0 Å². The number of carbonyl (C=O) groups excluding carboxylic acids is 2. The maximum Gasteiger partial charge on any atom is 0.417 e. The zero-order valence-electron chi connectivity index (χ0n) is 20.5. The minimum absolute atomic E-state index is 0.228. The average molecular weight is 543 g/mol. The van der Waals surface area contributed by atoms with Crippen molar-refractivity contribution in [3.05, 3.63) is 106 Å². The third-order valence-corrected chi connectivity index (χ3v) is 6.99. The van der Waals surface area contributed by atoms with Crippen LogP contribution < -0.4 is 5.73 Å². The molecule has 2 amide bonds. The van der Waals surface area contributed by atoms with E-state index in [2.05, 4.69) is 4.99 Å². The number of rotatable bonds is 5. The predicted molar refractivity (Wildman–Crippen MR) is 132 cm³/mol. The van der Waals surface area contributed by atoms with Crippen molar-refractivity contribution >= 4 is 17.8 Å². The Morgan fingerprint density at radius 3 is 1.95 bits per heavy atom. The highest BCUT2D eigenvalue weighted by atomic mass is 19.4. The molecule has 0 bridgehead atoms. The van der Waals surface area contributed by atoms with E-state index in [0.29, 0.717) is 25.9 Å². The molecule has 2 heterocycles. The van der Waals surface area contributed by atoms with E-state index in [1.165, 1.54) is 35.2 Å². The number of guanidine groups is 1. The van der Waals surface area contributed by atoms with Gasteiger partial charge in [-0.05, 0) is 65.9 Å². The molecule has 0 spiro atoms. The second-order valence-electron chi connectivity index (χ2n) is 9.46. The predicted octanol–water partition coefficient (Wildman–Crippen LogP) is 4.82. The van der Waals surface area contributed by atoms with Gasteiger partial charge < -0.3 is 10.6 Å². The second-order valence-corrected chi connectivity index (χ2v) is 9.46. The molecule has 0 aliphatic carbocycles. The molecule has 3 aromatic rings. The van der Waals surface area contributed by atoms with E-state index in [1.807, 2.05) is 0 Å². The molecule has 39 heavy (non-hydrogen) atoms. The minimum Gasteiger partial charge on any atom is -0.369 e. The quantitative estimate of drug-likeness (QED) is 0.470. The monoisotopic (exact) mass is 542 g/mol. The summed E-state index contributed by atoms with van der Waals surface area (Å²) in [5.41, 5.74) is 3.59. The van der Waals surface area contributed by atoms with Crippen LogP contribution in [0.25, 0.3) is 0 Å². The van der Waals surface area contributed by atoms with Crippen molar-refractivity contribution in [1.29, 1.82) is 0 Å². The Balaban J connectivity index is 1.54. The van der Waals surface area contributed by atoms with Gasteiger partial charge in [0.15, 0.2) is 11.5 Å². The van der Waals surface area contributed by atoms with Gasteiger partial charge in [-0.1, -0.05) is 30.3 Å². The summed E-state index contributed by atoms with van der Waals surface area (Å²) in [7, 11) is 0. The first-order valence-electron chi connectivity index (χ1n) is 12.2. The Morgan fingerprint density at radius 1 is 0.897 bits per heavy atom. The van der Waals surface area contributed by atoms with Gasteiger partial charge in [-0.3, -0.25) is 14.5 Å². The number of nitrogens with zero attached hydrogens (tertiary/aromatic N) is 3. The number of amides is 2. The molecule has 2 aliphatic rings. The number of benzene rings is 3. The summed E-state index contributed by atoms with van der Waals surface area (Å²) in [6, 6.07) is 13.2. The highest BCUT2D eigenvalue weighted by Crippen LogP contribution is 2.41. The third kappa shape index (κ3) is 4.73. The fourth-order valence-electron chi connectivity index (χ4n) is 5.04. The van der Waals surface area contributed by atoms with E-state index < -0.39 is 46.3 Å². The fraction of sp³-hybridized carbons (Fsp3) is 0.250. The number of halogens is 5. The molecule has 2 aliphatic heterocycles. The smallest absolute Gasteiger partial charge is 0.369 e. The van der Waals surface area contributed by atoms with Gasteiger partial charge in [-0.2, -0.15) is 13.2 Å². The van der Waals surface area contributed by atoms with Crippen molar-refractivity contribution in [3.63, 3.8) is 0 Å². The molecule has 1 fully saturated rings. The van der Waals surface area contributed by atoms with E-state index >= 15 is 0 Å². The standard InChI is InChI=1S/C28H23F5N4O2/c29-20-8-4-18(5-9-20)27(19-6-10-21(30)11-7-19)25(39)37(26(34)35-27)16-17-3-12-23(28(31,32)33)22(15-17)24(38)36-13-1-2-14-36/h3-12,15H,1-2,13-14,16H2,(H2,34,35). The molecule has 11 heteroatoms. The van der Waals surface area contributed by atoms with Gasteiger partial charge >= 0.3 is 6.18 Å². The largest absolute Gasteiger partial charge is 0.417 e. The Labute approximate surface area is 220 Å². The van der Waals surface area contributed by atoms with Gasteiger partial charge in [0, 0.05) is 13.1 Å². The van der Waals surface area contributed by atoms with E-state index in [9.17, 15) is 31.5 Å². The Morgan fingerprint density at radius 2 is 1.44 bits per heavy atom. The Bertz CT molecular complexity index is 1400. The summed E-state index contributed by atoms with van der Waals surface area (Å²) in [5.74, 6) is -2.73. The van der Waals surface area contributed by atoms with Crippen LogP contribution in [-0.4, -0.2) is 40.7 Å². The number of hydrogen-bond donors (Lipinski definition) is 1. The van der Waals surface area contributed by atoms with Crippen LogP contribution in [0.4, 0.5) is 22.0 Å². The normalized spacial score (nSPS) is 17.1. The maximum atomic E-state index is 14.0. The highest BCUT2D eigenvalue weighted by molar-refractivity contribution is 6.09. The maximum absolute atomic E-state index is 14.0. The summed E-state index contributed by atoms with van der Waals surface area (Å²) in [6.07, 6.45) is -3.35. The van der Waals surface area contributed by atoms with Crippen LogP contribution in [0.15, 0.2) is 71.7 Å². The zero-order valence-corrected chi connectivity index (χ0v) is 20.5. The van der Waals surface area contributed by atoms with E-state index in [-0.39, 0.29) is 29.2 Å². The molecular weight excluding hydrogens is 519 g/mol. The van der Waals surface area contributed by atoms with Crippen LogP contribution >= 0.6 is 0 Å². The summed E-state index contributed by atoms with van der Waals surface area (Å²) in [6.45, 7) is 0.446. The Kier molecular flexibility index (Phi) is 6.61. The summed E-state index contributed by atoms with van der Waals surface area (Å²) in [4.78, 5) is 33.8. The molecule has 3 aromatic carbocycles. The lowest BCUT2D eigenvalue weighted by atomic mass is 9.82. The number of carbonyl (C=O) groups is 2. The van der Waals surface area contributed by atoms with Crippen LogP contribution in [0, 0.1) is 11.6 Å². The first kappa shape index (κ1) is 26.3. The topological polar surface area (TPSA) is 79.0 Å². The zero-order chi connectivity index (χ0) is 27.9. The van der Waals surface area contributed by atoms with Crippen molar-refractivity contribution in [2.75, 3.05) is 13.1 Å². The first-order valence-corrected chi connectivity index (χ1v) is 12.2. The summed E-state index contributed by atoms with van der Waals surface area (Å²) >= 11 is 0. The molecule has 0 atom stereocenters. The molecule has 0 unspecified atom stereocenters. The van der Waals surface area contributed by atoms with E-state index in [0.717, 1.165) is 41.3 Å². The SMILES string of the molecule is NC1=NC(c2ccc(F)cc2)(c2ccc(F)cc2)C(=O)N1Cc1ccc(C(F)(F)F)c(C(=O)N2CCCC2)c1. The van der Waals surface area contributed by atoms with E-state index in [4.69, 9.17) is 5.73 Å². The minimum atomic E-state index is -4.76. The van der Waals surface area contributed by atoms with Crippen LogP contribution in [0.3, 0.4) is 0 Å².